The van der Waals surface area contributed by atoms with Crippen LogP contribution in [0.3, 0.4) is 0 Å². The molecule has 0 saturated carbocycles. The van der Waals surface area contributed by atoms with Crippen molar-refractivity contribution in [3.8, 4) is 0 Å². The molecule has 0 saturated heterocycles. The van der Waals surface area contributed by atoms with Crippen LogP contribution in [0.1, 0.15) is 130 Å². The minimum atomic E-state index is -0.0505. The van der Waals surface area contributed by atoms with E-state index >= 15 is 0 Å². The zero-order chi connectivity index (χ0) is 22.5. The van der Waals surface area contributed by atoms with Gasteiger partial charge < -0.3 is 9.47 Å². The van der Waals surface area contributed by atoms with E-state index in [0.29, 0.717) is 26.1 Å². The standard InChI is InChI=1S/C26H50O4/c1-5-23(3)17-13-15-21-29-25(27)19-11-9-7-8-10-12-20-26(28)30-22-16-14-18-24(4)6-2/h23-24H,5-22H2,1-4H3. The first kappa shape index (κ1) is 28.9. The van der Waals surface area contributed by atoms with Gasteiger partial charge in [0.05, 0.1) is 13.2 Å². The predicted molar refractivity (Wildman–Crippen MR) is 125 cm³/mol. The molecule has 0 aromatic rings. The van der Waals surface area contributed by atoms with E-state index in [9.17, 15) is 9.59 Å². The van der Waals surface area contributed by atoms with Gasteiger partial charge in [-0.25, -0.2) is 0 Å². The lowest BCUT2D eigenvalue weighted by Crippen LogP contribution is -2.06. The monoisotopic (exact) mass is 426 g/mol. The van der Waals surface area contributed by atoms with E-state index in [1.165, 1.54) is 25.7 Å². The third-order valence-corrected chi connectivity index (χ3v) is 6.11. The molecule has 30 heavy (non-hydrogen) atoms. The molecule has 0 aliphatic rings. The number of hydrogen-bond acceptors (Lipinski definition) is 4. The van der Waals surface area contributed by atoms with Gasteiger partial charge in [-0.3, -0.25) is 9.59 Å². The molecule has 0 amide bonds. The molecule has 0 aromatic carbocycles. The lowest BCUT2D eigenvalue weighted by molar-refractivity contribution is -0.144. The number of rotatable bonds is 21. The van der Waals surface area contributed by atoms with Crippen molar-refractivity contribution in [2.24, 2.45) is 11.8 Å². The van der Waals surface area contributed by atoms with E-state index in [-0.39, 0.29) is 11.9 Å². The van der Waals surface area contributed by atoms with Crippen LogP contribution in [0.15, 0.2) is 0 Å². The molecule has 4 heteroatoms. The fourth-order valence-electron chi connectivity index (χ4n) is 3.36. The fourth-order valence-corrected chi connectivity index (χ4v) is 3.36. The van der Waals surface area contributed by atoms with Crippen molar-refractivity contribution in [3.05, 3.63) is 0 Å². The number of ether oxygens (including phenoxy) is 2. The van der Waals surface area contributed by atoms with Crippen molar-refractivity contribution in [2.75, 3.05) is 13.2 Å². The molecule has 0 N–H and O–H groups in total. The van der Waals surface area contributed by atoms with E-state index in [0.717, 1.165) is 76.0 Å². The van der Waals surface area contributed by atoms with Crippen LogP contribution >= 0.6 is 0 Å². The molecule has 0 fully saturated rings. The van der Waals surface area contributed by atoms with Crippen LogP contribution in [0.4, 0.5) is 0 Å². The highest BCUT2D eigenvalue weighted by molar-refractivity contribution is 5.69. The molecule has 178 valence electrons. The lowest BCUT2D eigenvalue weighted by atomic mass is 10.0. The largest absolute Gasteiger partial charge is 0.466 e. The number of carbonyl (C=O) groups is 2. The highest BCUT2D eigenvalue weighted by Gasteiger charge is 2.05. The Bertz CT molecular complexity index is 370. The van der Waals surface area contributed by atoms with Crippen LogP contribution in [0.2, 0.25) is 0 Å². The van der Waals surface area contributed by atoms with Crippen LogP contribution in [0.25, 0.3) is 0 Å². The van der Waals surface area contributed by atoms with E-state index in [2.05, 4.69) is 27.7 Å². The molecule has 0 bridgehead atoms. The van der Waals surface area contributed by atoms with Crippen LogP contribution in [0.5, 0.6) is 0 Å². The molecule has 0 aromatic heterocycles. The Morgan fingerprint density at radius 3 is 1.30 bits per heavy atom. The van der Waals surface area contributed by atoms with Gasteiger partial charge in [-0.2, -0.15) is 0 Å². The Labute approximate surface area is 186 Å². The molecule has 4 nitrogen and oxygen atoms in total. The third-order valence-electron chi connectivity index (χ3n) is 6.11. The lowest BCUT2D eigenvalue weighted by Gasteiger charge is -2.08. The Hall–Kier alpha value is -1.06. The highest BCUT2D eigenvalue weighted by Crippen LogP contribution is 2.13. The summed E-state index contributed by atoms with van der Waals surface area (Å²) in [5.74, 6) is 1.45. The molecule has 0 rings (SSSR count). The molecule has 0 aliphatic carbocycles. The molecule has 0 heterocycles. The summed E-state index contributed by atoms with van der Waals surface area (Å²) < 4.78 is 10.6. The minimum absolute atomic E-state index is 0.0505. The normalized spacial score (nSPS) is 13.1. The predicted octanol–water partition coefficient (Wildman–Crippen LogP) is 7.63. The Kier molecular flexibility index (Phi) is 20.4. The molecule has 0 radical (unpaired) electrons. The van der Waals surface area contributed by atoms with Gasteiger partial charge in [0, 0.05) is 12.8 Å². The van der Waals surface area contributed by atoms with Crippen molar-refractivity contribution in [1.29, 1.82) is 0 Å². The first-order valence-corrected chi connectivity index (χ1v) is 12.8. The summed E-state index contributed by atoms with van der Waals surface area (Å²) in [5.41, 5.74) is 0. The minimum Gasteiger partial charge on any atom is -0.466 e. The maximum Gasteiger partial charge on any atom is 0.305 e. The average Bonchev–Trinajstić information content (AvgIpc) is 2.74. The SMILES string of the molecule is CCC(C)CCCCOC(=O)CCCCCCCCC(=O)OCCCCC(C)CC. The van der Waals surface area contributed by atoms with Crippen molar-refractivity contribution in [3.63, 3.8) is 0 Å². The summed E-state index contributed by atoms with van der Waals surface area (Å²) in [5, 5.41) is 0. The van der Waals surface area contributed by atoms with E-state index in [4.69, 9.17) is 9.47 Å². The Balaban J connectivity index is 3.33. The van der Waals surface area contributed by atoms with Crippen LogP contribution < -0.4 is 0 Å². The summed E-state index contributed by atoms with van der Waals surface area (Å²) >= 11 is 0. The van der Waals surface area contributed by atoms with Crippen LogP contribution in [-0.2, 0) is 19.1 Å². The maximum atomic E-state index is 11.7. The number of hydrogen-bond donors (Lipinski definition) is 0. The van der Waals surface area contributed by atoms with Crippen LogP contribution in [0, 0.1) is 11.8 Å². The molecule has 0 spiro atoms. The van der Waals surface area contributed by atoms with Crippen molar-refractivity contribution >= 4 is 11.9 Å². The molecule has 2 unspecified atom stereocenters. The summed E-state index contributed by atoms with van der Waals surface area (Å²) in [7, 11) is 0. The van der Waals surface area contributed by atoms with Gasteiger partial charge in [-0.1, -0.05) is 79.1 Å². The van der Waals surface area contributed by atoms with Gasteiger partial charge in [-0.05, 0) is 50.4 Å². The summed E-state index contributed by atoms with van der Waals surface area (Å²) in [6, 6.07) is 0. The summed E-state index contributed by atoms with van der Waals surface area (Å²) in [4.78, 5) is 23.4. The number of unbranched alkanes of at least 4 members (excludes halogenated alkanes) is 7. The average molecular weight is 427 g/mol. The van der Waals surface area contributed by atoms with E-state index in [1.807, 2.05) is 0 Å². The molecule has 2 atom stereocenters. The number of carbonyl (C=O) groups excluding carboxylic acids is 2. The summed E-state index contributed by atoms with van der Waals surface area (Å²) in [6.45, 7) is 10.1. The third kappa shape index (κ3) is 20.2. The van der Waals surface area contributed by atoms with Gasteiger partial charge >= 0.3 is 11.9 Å². The van der Waals surface area contributed by atoms with Crippen molar-refractivity contribution in [1.82, 2.24) is 0 Å². The van der Waals surface area contributed by atoms with E-state index < -0.39 is 0 Å². The highest BCUT2D eigenvalue weighted by atomic mass is 16.5. The van der Waals surface area contributed by atoms with Gasteiger partial charge in [0.1, 0.15) is 0 Å². The Morgan fingerprint density at radius 2 is 0.933 bits per heavy atom. The van der Waals surface area contributed by atoms with E-state index in [1.54, 1.807) is 0 Å². The zero-order valence-corrected chi connectivity index (χ0v) is 20.5. The second-order valence-electron chi connectivity index (χ2n) is 9.08. The van der Waals surface area contributed by atoms with Crippen LogP contribution in [-0.4, -0.2) is 25.2 Å². The second kappa shape index (κ2) is 21.2. The smallest absolute Gasteiger partial charge is 0.305 e. The quantitative estimate of drug-likeness (QED) is 0.140. The van der Waals surface area contributed by atoms with Crippen molar-refractivity contribution < 1.29 is 19.1 Å². The van der Waals surface area contributed by atoms with Gasteiger partial charge in [0.2, 0.25) is 0 Å². The number of esters is 2. The molecular weight excluding hydrogens is 376 g/mol. The zero-order valence-electron chi connectivity index (χ0n) is 20.5. The first-order valence-electron chi connectivity index (χ1n) is 12.8. The van der Waals surface area contributed by atoms with Gasteiger partial charge in [-0.15, -0.1) is 0 Å². The van der Waals surface area contributed by atoms with Gasteiger partial charge in [0.25, 0.3) is 0 Å². The first-order chi connectivity index (χ1) is 14.5. The molecular formula is C26H50O4. The Morgan fingerprint density at radius 1 is 0.567 bits per heavy atom. The second-order valence-corrected chi connectivity index (χ2v) is 9.08. The van der Waals surface area contributed by atoms with Crippen molar-refractivity contribution in [2.45, 2.75) is 130 Å². The molecule has 0 aliphatic heterocycles. The van der Waals surface area contributed by atoms with Gasteiger partial charge in [0.15, 0.2) is 0 Å². The maximum absolute atomic E-state index is 11.7. The topological polar surface area (TPSA) is 52.6 Å². The summed E-state index contributed by atoms with van der Waals surface area (Å²) in [6.07, 6.45) is 16.4. The fraction of sp³-hybridized carbons (Fsp3) is 0.923.